The van der Waals surface area contributed by atoms with Crippen LogP contribution in [0.1, 0.15) is 11.1 Å². The number of rotatable bonds is 3. The van der Waals surface area contributed by atoms with Crippen molar-refractivity contribution in [3.8, 4) is 11.1 Å². The van der Waals surface area contributed by atoms with Gasteiger partial charge in [0.2, 0.25) is 0 Å². The minimum Gasteiger partial charge on any atom is -0.379 e. The van der Waals surface area contributed by atoms with Crippen LogP contribution in [0.4, 0.5) is 0 Å². The van der Waals surface area contributed by atoms with Gasteiger partial charge in [0.15, 0.2) is 5.17 Å². The first-order valence-electron chi connectivity index (χ1n) is 5.79. The Bertz CT molecular complexity index is 550. The topological polar surface area (TPSA) is 49.9 Å². The van der Waals surface area contributed by atoms with Crippen molar-refractivity contribution in [3.05, 3.63) is 59.7 Å². The van der Waals surface area contributed by atoms with Crippen LogP contribution in [-0.2, 0) is 5.75 Å². The molecule has 0 amide bonds. The van der Waals surface area contributed by atoms with Gasteiger partial charge < -0.3 is 5.73 Å². The van der Waals surface area contributed by atoms with E-state index in [1.807, 2.05) is 18.2 Å². The molecule has 18 heavy (non-hydrogen) atoms. The van der Waals surface area contributed by atoms with Gasteiger partial charge in [0.1, 0.15) is 0 Å². The van der Waals surface area contributed by atoms with E-state index in [-0.39, 0.29) is 5.17 Å². The quantitative estimate of drug-likeness (QED) is 0.648. The highest BCUT2D eigenvalue weighted by Crippen LogP contribution is 2.27. The summed E-state index contributed by atoms with van der Waals surface area (Å²) in [7, 11) is 0. The lowest BCUT2D eigenvalue weighted by Crippen LogP contribution is -2.04. The number of nitrogens with two attached hydrogens (primary N) is 1. The number of amidine groups is 1. The van der Waals surface area contributed by atoms with Crippen LogP contribution in [-0.4, -0.2) is 5.17 Å². The van der Waals surface area contributed by atoms with Gasteiger partial charge in [-0.3, -0.25) is 5.41 Å². The second-order valence-electron chi connectivity index (χ2n) is 4.11. The number of hydrogen-bond donors (Lipinski definition) is 2. The van der Waals surface area contributed by atoms with E-state index < -0.39 is 0 Å². The molecule has 92 valence electrons. The van der Waals surface area contributed by atoms with E-state index in [0.29, 0.717) is 0 Å². The smallest absolute Gasteiger partial charge is 0.151 e. The van der Waals surface area contributed by atoms with Crippen LogP contribution < -0.4 is 5.73 Å². The van der Waals surface area contributed by atoms with Crippen LogP contribution >= 0.6 is 11.8 Å². The third-order valence-corrected chi connectivity index (χ3v) is 3.68. The molecule has 0 radical (unpaired) electrons. The predicted molar refractivity (Wildman–Crippen MR) is 79.8 cm³/mol. The third kappa shape index (κ3) is 2.93. The van der Waals surface area contributed by atoms with Gasteiger partial charge in [-0.2, -0.15) is 0 Å². The molecule has 0 spiro atoms. The zero-order chi connectivity index (χ0) is 13.0. The minimum atomic E-state index is 0.166. The summed E-state index contributed by atoms with van der Waals surface area (Å²) in [4.78, 5) is 0. The Hall–Kier alpha value is -1.74. The fourth-order valence-corrected chi connectivity index (χ4v) is 2.55. The van der Waals surface area contributed by atoms with Crippen LogP contribution in [0.15, 0.2) is 48.5 Å². The first-order chi connectivity index (χ1) is 8.68. The van der Waals surface area contributed by atoms with Crippen molar-refractivity contribution in [2.75, 3.05) is 0 Å². The molecular weight excluding hydrogens is 240 g/mol. The molecule has 3 N–H and O–H groups in total. The zero-order valence-corrected chi connectivity index (χ0v) is 11.1. The van der Waals surface area contributed by atoms with Gasteiger partial charge in [-0.1, -0.05) is 60.3 Å². The van der Waals surface area contributed by atoms with E-state index in [1.165, 1.54) is 34.0 Å². The Labute approximate surface area is 112 Å². The second-order valence-corrected chi connectivity index (χ2v) is 5.13. The van der Waals surface area contributed by atoms with Crippen molar-refractivity contribution in [2.24, 2.45) is 5.73 Å². The maximum absolute atomic E-state index is 7.27. The van der Waals surface area contributed by atoms with E-state index in [1.54, 1.807) is 0 Å². The normalized spacial score (nSPS) is 10.3. The largest absolute Gasteiger partial charge is 0.379 e. The van der Waals surface area contributed by atoms with Crippen LogP contribution in [0.5, 0.6) is 0 Å². The highest BCUT2D eigenvalue weighted by Gasteiger charge is 2.06. The summed E-state index contributed by atoms with van der Waals surface area (Å²) in [5, 5.41) is 7.44. The number of hydrogen-bond acceptors (Lipinski definition) is 2. The lowest BCUT2D eigenvalue weighted by atomic mass is 9.97. The van der Waals surface area contributed by atoms with Gasteiger partial charge >= 0.3 is 0 Å². The number of nitrogens with one attached hydrogen (secondary N) is 1. The second kappa shape index (κ2) is 5.74. The van der Waals surface area contributed by atoms with Crippen LogP contribution in [0.2, 0.25) is 0 Å². The van der Waals surface area contributed by atoms with E-state index in [4.69, 9.17) is 11.1 Å². The highest BCUT2D eigenvalue weighted by molar-refractivity contribution is 8.13. The monoisotopic (exact) mass is 256 g/mol. The molecule has 0 aromatic heterocycles. The summed E-state index contributed by atoms with van der Waals surface area (Å²) < 4.78 is 0. The van der Waals surface area contributed by atoms with Crippen molar-refractivity contribution in [3.63, 3.8) is 0 Å². The average Bonchev–Trinajstić information content (AvgIpc) is 2.38. The van der Waals surface area contributed by atoms with Gasteiger partial charge in [0, 0.05) is 5.75 Å². The van der Waals surface area contributed by atoms with Crippen LogP contribution in [0.3, 0.4) is 0 Å². The van der Waals surface area contributed by atoms with E-state index in [0.717, 1.165) is 5.75 Å². The van der Waals surface area contributed by atoms with Gasteiger partial charge in [-0.25, -0.2) is 0 Å². The number of benzene rings is 2. The fourth-order valence-electron chi connectivity index (χ4n) is 1.93. The molecule has 2 aromatic rings. The van der Waals surface area contributed by atoms with E-state index in [9.17, 15) is 0 Å². The fraction of sp³-hybridized carbons (Fsp3) is 0.133. The highest BCUT2D eigenvalue weighted by atomic mass is 32.2. The first kappa shape index (κ1) is 12.7. The molecule has 0 aliphatic carbocycles. The van der Waals surface area contributed by atoms with E-state index in [2.05, 4.69) is 37.3 Å². The number of thioether (sulfide) groups is 1. The Morgan fingerprint density at radius 3 is 2.50 bits per heavy atom. The Morgan fingerprint density at radius 2 is 1.83 bits per heavy atom. The minimum absolute atomic E-state index is 0.166. The summed E-state index contributed by atoms with van der Waals surface area (Å²) in [6.07, 6.45) is 0. The molecule has 0 unspecified atom stereocenters. The van der Waals surface area contributed by atoms with Crippen LogP contribution in [0, 0.1) is 12.3 Å². The molecule has 0 bridgehead atoms. The average molecular weight is 256 g/mol. The van der Waals surface area contributed by atoms with Gasteiger partial charge in [-0.05, 0) is 29.2 Å². The predicted octanol–water partition coefficient (Wildman–Crippen LogP) is 3.79. The SMILES string of the molecule is Cc1c(CSC(=N)N)cccc1-c1ccccc1. The van der Waals surface area contributed by atoms with Crippen molar-refractivity contribution in [1.82, 2.24) is 0 Å². The Kier molecular flexibility index (Phi) is 4.05. The Balaban J connectivity index is 2.33. The third-order valence-electron chi connectivity index (χ3n) is 2.91. The molecule has 0 saturated carbocycles. The standard InChI is InChI=1S/C15H16N2S/c1-11-13(10-18-15(16)17)8-5-9-14(11)12-6-3-2-4-7-12/h2-9H,10H2,1H3,(H3,16,17). The molecule has 0 aliphatic rings. The summed E-state index contributed by atoms with van der Waals surface area (Å²) in [6, 6.07) is 16.6. The first-order valence-corrected chi connectivity index (χ1v) is 6.78. The molecular formula is C15H16N2S. The van der Waals surface area contributed by atoms with Crippen molar-refractivity contribution < 1.29 is 0 Å². The zero-order valence-electron chi connectivity index (χ0n) is 10.3. The maximum atomic E-state index is 7.27. The summed E-state index contributed by atoms with van der Waals surface area (Å²) in [5.41, 5.74) is 10.4. The lowest BCUT2D eigenvalue weighted by Gasteiger charge is -2.11. The molecule has 0 heterocycles. The molecule has 3 heteroatoms. The summed E-state index contributed by atoms with van der Waals surface area (Å²) in [6.45, 7) is 2.12. The molecule has 2 nitrogen and oxygen atoms in total. The molecule has 2 aromatic carbocycles. The lowest BCUT2D eigenvalue weighted by molar-refractivity contribution is 1.31. The molecule has 0 saturated heterocycles. The van der Waals surface area contributed by atoms with E-state index >= 15 is 0 Å². The molecule has 2 rings (SSSR count). The maximum Gasteiger partial charge on any atom is 0.151 e. The molecule has 0 fully saturated rings. The molecule has 0 atom stereocenters. The van der Waals surface area contributed by atoms with Gasteiger partial charge in [0.25, 0.3) is 0 Å². The van der Waals surface area contributed by atoms with Crippen molar-refractivity contribution in [1.29, 1.82) is 5.41 Å². The molecule has 0 aliphatic heterocycles. The summed E-state index contributed by atoms with van der Waals surface area (Å²) >= 11 is 1.36. The summed E-state index contributed by atoms with van der Waals surface area (Å²) in [5.74, 6) is 0.752. The van der Waals surface area contributed by atoms with Crippen molar-refractivity contribution >= 4 is 16.9 Å². The Morgan fingerprint density at radius 1 is 1.11 bits per heavy atom. The van der Waals surface area contributed by atoms with Gasteiger partial charge in [-0.15, -0.1) is 0 Å². The van der Waals surface area contributed by atoms with Crippen molar-refractivity contribution in [2.45, 2.75) is 12.7 Å². The van der Waals surface area contributed by atoms with Crippen LogP contribution in [0.25, 0.3) is 11.1 Å². The van der Waals surface area contributed by atoms with Gasteiger partial charge in [0.05, 0.1) is 0 Å².